The lowest BCUT2D eigenvalue weighted by Gasteiger charge is -2.16. The van der Waals surface area contributed by atoms with Crippen LogP contribution in [0.15, 0.2) is 66.4 Å². The van der Waals surface area contributed by atoms with Crippen LogP contribution in [-0.4, -0.2) is 23.5 Å². The van der Waals surface area contributed by atoms with Gasteiger partial charge in [-0.3, -0.25) is 14.5 Å². The monoisotopic (exact) mass is 440 g/mol. The van der Waals surface area contributed by atoms with Crippen molar-refractivity contribution in [3.8, 4) is 11.5 Å². The Hall–Kier alpha value is -4.06. The van der Waals surface area contributed by atoms with Crippen molar-refractivity contribution < 1.29 is 19.1 Å². The van der Waals surface area contributed by atoms with E-state index < -0.39 is 0 Å². The molecule has 2 aliphatic rings. The van der Waals surface area contributed by atoms with Gasteiger partial charge in [0.25, 0.3) is 11.8 Å². The highest BCUT2D eigenvalue weighted by Gasteiger charge is 2.39. The molecule has 0 fully saturated rings. The van der Waals surface area contributed by atoms with E-state index in [1.807, 2.05) is 63.2 Å². The average molecular weight is 440 g/mol. The molecule has 2 heterocycles. The van der Waals surface area contributed by atoms with Gasteiger partial charge in [-0.25, -0.2) is 0 Å². The van der Waals surface area contributed by atoms with Gasteiger partial charge >= 0.3 is 0 Å². The topological polar surface area (TPSA) is 67.9 Å². The largest absolute Gasteiger partial charge is 0.454 e. The van der Waals surface area contributed by atoms with Crippen LogP contribution in [0.4, 0.5) is 5.69 Å². The number of nitrogens with one attached hydrogen (secondary N) is 1. The SMILES string of the molecule is Cc1ccc(CN2C(=O)C(Nc3ccc4c(c3)OCO4)=C(c3ccc(C)cc3C)C2=O)cc1. The Labute approximate surface area is 192 Å². The van der Waals surface area contributed by atoms with Crippen molar-refractivity contribution in [2.75, 3.05) is 12.1 Å². The number of nitrogens with zero attached hydrogens (tertiary/aromatic N) is 1. The highest BCUT2D eigenvalue weighted by Crippen LogP contribution is 2.37. The number of hydrogen-bond acceptors (Lipinski definition) is 5. The van der Waals surface area contributed by atoms with Gasteiger partial charge in [0.1, 0.15) is 5.70 Å². The third-order valence-corrected chi connectivity index (χ3v) is 5.92. The van der Waals surface area contributed by atoms with E-state index in [1.165, 1.54) is 4.90 Å². The summed E-state index contributed by atoms with van der Waals surface area (Å²) in [6, 6.07) is 19.1. The zero-order chi connectivity index (χ0) is 23.1. The maximum atomic E-state index is 13.6. The van der Waals surface area contributed by atoms with Crippen LogP contribution in [0, 0.1) is 20.8 Å². The van der Waals surface area contributed by atoms with Crippen LogP contribution in [0.2, 0.25) is 0 Å². The Morgan fingerprint density at radius 3 is 2.30 bits per heavy atom. The Balaban J connectivity index is 1.55. The third-order valence-electron chi connectivity index (χ3n) is 5.92. The third kappa shape index (κ3) is 3.84. The fraction of sp³-hybridized carbons (Fsp3) is 0.185. The lowest BCUT2D eigenvalue weighted by Crippen LogP contribution is -2.32. The Morgan fingerprint density at radius 2 is 1.55 bits per heavy atom. The van der Waals surface area contributed by atoms with Gasteiger partial charge in [-0.05, 0) is 49.6 Å². The Morgan fingerprint density at radius 1 is 0.818 bits per heavy atom. The molecule has 2 amide bonds. The molecular weight excluding hydrogens is 416 g/mol. The summed E-state index contributed by atoms with van der Waals surface area (Å²) in [5.74, 6) is 0.588. The summed E-state index contributed by atoms with van der Waals surface area (Å²) in [7, 11) is 0. The summed E-state index contributed by atoms with van der Waals surface area (Å²) in [6.07, 6.45) is 0. The standard InChI is InChI=1S/C27H24N2O4/c1-16-4-7-19(8-5-16)14-29-26(30)24(21-10-6-17(2)12-18(21)3)25(27(29)31)28-20-9-11-22-23(13-20)33-15-32-22/h4-13,28H,14-15H2,1-3H3. The van der Waals surface area contributed by atoms with Gasteiger partial charge in [0.2, 0.25) is 6.79 Å². The van der Waals surface area contributed by atoms with E-state index in [-0.39, 0.29) is 30.8 Å². The molecule has 1 N–H and O–H groups in total. The van der Waals surface area contributed by atoms with Crippen molar-refractivity contribution in [3.05, 3.63) is 94.2 Å². The molecule has 0 aliphatic carbocycles. The van der Waals surface area contributed by atoms with Crippen LogP contribution in [0.1, 0.15) is 27.8 Å². The van der Waals surface area contributed by atoms with Crippen LogP contribution in [-0.2, 0) is 16.1 Å². The molecule has 0 unspecified atom stereocenters. The average Bonchev–Trinajstić information content (AvgIpc) is 3.34. The zero-order valence-corrected chi connectivity index (χ0v) is 18.8. The summed E-state index contributed by atoms with van der Waals surface area (Å²) in [5.41, 5.74) is 6.08. The molecule has 0 bridgehead atoms. The van der Waals surface area contributed by atoms with E-state index in [4.69, 9.17) is 9.47 Å². The van der Waals surface area contributed by atoms with E-state index in [9.17, 15) is 9.59 Å². The Kier molecular flexibility index (Phi) is 5.13. The van der Waals surface area contributed by atoms with Crippen LogP contribution < -0.4 is 14.8 Å². The van der Waals surface area contributed by atoms with Gasteiger partial charge < -0.3 is 14.8 Å². The number of amides is 2. The number of carbonyl (C=O) groups is 2. The molecule has 0 radical (unpaired) electrons. The van der Waals surface area contributed by atoms with E-state index in [1.54, 1.807) is 18.2 Å². The van der Waals surface area contributed by atoms with Crippen molar-refractivity contribution in [3.63, 3.8) is 0 Å². The smallest absolute Gasteiger partial charge is 0.278 e. The molecule has 2 aliphatic heterocycles. The number of rotatable bonds is 5. The van der Waals surface area contributed by atoms with Crippen molar-refractivity contribution in [1.82, 2.24) is 4.90 Å². The first kappa shape index (κ1) is 20.8. The fourth-order valence-electron chi connectivity index (χ4n) is 4.17. The number of hydrogen-bond donors (Lipinski definition) is 1. The second-order valence-corrected chi connectivity index (χ2v) is 8.44. The first-order valence-electron chi connectivity index (χ1n) is 10.8. The van der Waals surface area contributed by atoms with E-state index in [0.29, 0.717) is 22.8 Å². The minimum atomic E-state index is -0.354. The van der Waals surface area contributed by atoms with Gasteiger partial charge in [0.15, 0.2) is 11.5 Å². The Bertz CT molecular complexity index is 1310. The molecule has 0 aromatic heterocycles. The molecule has 166 valence electrons. The highest BCUT2D eigenvalue weighted by molar-refractivity contribution is 6.36. The molecule has 33 heavy (non-hydrogen) atoms. The second-order valence-electron chi connectivity index (χ2n) is 8.44. The molecule has 0 spiro atoms. The van der Waals surface area contributed by atoms with Crippen molar-refractivity contribution >= 4 is 23.1 Å². The molecule has 3 aromatic rings. The molecule has 5 rings (SSSR count). The van der Waals surface area contributed by atoms with Gasteiger partial charge in [0, 0.05) is 11.8 Å². The van der Waals surface area contributed by atoms with Crippen LogP contribution >= 0.6 is 0 Å². The summed E-state index contributed by atoms with van der Waals surface area (Å²) in [6.45, 7) is 6.33. The lowest BCUT2D eigenvalue weighted by atomic mass is 9.97. The van der Waals surface area contributed by atoms with Gasteiger partial charge in [-0.2, -0.15) is 0 Å². The maximum absolute atomic E-state index is 13.6. The first-order valence-corrected chi connectivity index (χ1v) is 10.8. The fourth-order valence-corrected chi connectivity index (χ4v) is 4.17. The number of aryl methyl sites for hydroxylation is 3. The van der Waals surface area contributed by atoms with Crippen molar-refractivity contribution in [2.24, 2.45) is 0 Å². The molecule has 6 nitrogen and oxygen atoms in total. The van der Waals surface area contributed by atoms with E-state index in [0.717, 1.165) is 27.8 Å². The minimum Gasteiger partial charge on any atom is -0.454 e. The van der Waals surface area contributed by atoms with E-state index >= 15 is 0 Å². The lowest BCUT2D eigenvalue weighted by molar-refractivity contribution is -0.137. The molecular formula is C27H24N2O4. The van der Waals surface area contributed by atoms with Crippen LogP contribution in [0.3, 0.4) is 0 Å². The minimum absolute atomic E-state index is 0.164. The summed E-state index contributed by atoms with van der Waals surface area (Å²) in [4.78, 5) is 28.4. The second kappa shape index (κ2) is 8.13. The molecule has 0 saturated carbocycles. The molecule has 3 aromatic carbocycles. The molecule has 0 saturated heterocycles. The quantitative estimate of drug-likeness (QED) is 0.581. The number of anilines is 1. The highest BCUT2D eigenvalue weighted by atomic mass is 16.7. The predicted octanol–water partition coefficient (Wildman–Crippen LogP) is 4.73. The summed E-state index contributed by atoms with van der Waals surface area (Å²) < 4.78 is 10.8. The summed E-state index contributed by atoms with van der Waals surface area (Å²) in [5, 5.41) is 3.20. The zero-order valence-electron chi connectivity index (χ0n) is 18.8. The first-order chi connectivity index (χ1) is 15.9. The number of carbonyl (C=O) groups excluding carboxylic acids is 2. The summed E-state index contributed by atoms with van der Waals surface area (Å²) >= 11 is 0. The van der Waals surface area contributed by atoms with Gasteiger partial charge in [-0.1, -0.05) is 53.6 Å². The van der Waals surface area contributed by atoms with Crippen molar-refractivity contribution in [2.45, 2.75) is 27.3 Å². The number of benzene rings is 3. The predicted molar refractivity (Wildman–Crippen MR) is 126 cm³/mol. The normalized spacial score (nSPS) is 14.9. The van der Waals surface area contributed by atoms with Crippen molar-refractivity contribution in [1.29, 1.82) is 0 Å². The van der Waals surface area contributed by atoms with E-state index in [2.05, 4.69) is 5.32 Å². The molecule has 0 atom stereocenters. The number of ether oxygens (including phenoxy) is 2. The van der Waals surface area contributed by atoms with Crippen LogP contribution in [0.25, 0.3) is 5.57 Å². The maximum Gasteiger partial charge on any atom is 0.278 e. The number of imide groups is 1. The van der Waals surface area contributed by atoms with Gasteiger partial charge in [0.05, 0.1) is 12.1 Å². The molecule has 6 heteroatoms. The van der Waals surface area contributed by atoms with Gasteiger partial charge in [-0.15, -0.1) is 0 Å². The van der Waals surface area contributed by atoms with Crippen LogP contribution in [0.5, 0.6) is 11.5 Å². The number of fused-ring (bicyclic) bond motifs is 1.